The van der Waals surface area contributed by atoms with Crippen LogP contribution < -0.4 is 5.56 Å². The summed E-state index contributed by atoms with van der Waals surface area (Å²) >= 11 is 1.39. The quantitative estimate of drug-likeness (QED) is 0.489. The highest BCUT2D eigenvalue weighted by molar-refractivity contribution is 7.22. The summed E-state index contributed by atoms with van der Waals surface area (Å²) in [7, 11) is 0. The molecule has 0 atom stereocenters. The third-order valence-electron chi connectivity index (χ3n) is 5.86. The summed E-state index contributed by atoms with van der Waals surface area (Å²) in [6.45, 7) is 5.59. The van der Waals surface area contributed by atoms with Crippen LogP contribution in [0.3, 0.4) is 0 Å². The number of thiophene rings is 1. The summed E-state index contributed by atoms with van der Waals surface area (Å²) < 4.78 is 13.8. The van der Waals surface area contributed by atoms with Crippen LogP contribution in [0.15, 0.2) is 65.5 Å². The second kappa shape index (κ2) is 9.32. The number of nitrogens with zero attached hydrogens (tertiary/aromatic N) is 3. The molecule has 1 aliphatic rings. The molecule has 1 N–H and O–H groups in total. The van der Waals surface area contributed by atoms with Crippen LogP contribution >= 0.6 is 11.3 Å². The van der Waals surface area contributed by atoms with Gasteiger partial charge in [-0.15, -0.1) is 11.3 Å². The van der Waals surface area contributed by atoms with Crippen molar-refractivity contribution >= 4 is 21.6 Å². The van der Waals surface area contributed by atoms with Crippen LogP contribution in [0, 0.1) is 5.82 Å². The predicted octanol–water partition coefficient (Wildman–Crippen LogP) is 4.50. The third kappa shape index (κ3) is 4.80. The fourth-order valence-corrected chi connectivity index (χ4v) is 5.21. The van der Waals surface area contributed by atoms with Crippen molar-refractivity contribution in [3.8, 4) is 10.4 Å². The molecule has 1 saturated heterocycles. The molecule has 0 saturated carbocycles. The van der Waals surface area contributed by atoms with Gasteiger partial charge in [-0.25, -0.2) is 9.37 Å². The lowest BCUT2D eigenvalue weighted by Crippen LogP contribution is -2.31. The molecule has 2 aromatic carbocycles. The van der Waals surface area contributed by atoms with Crippen molar-refractivity contribution in [1.29, 1.82) is 0 Å². The zero-order chi connectivity index (χ0) is 21.9. The van der Waals surface area contributed by atoms with Crippen LogP contribution in [0.5, 0.6) is 0 Å². The fourth-order valence-electron chi connectivity index (χ4n) is 4.21. The van der Waals surface area contributed by atoms with Crippen molar-refractivity contribution in [3.63, 3.8) is 0 Å². The van der Waals surface area contributed by atoms with Gasteiger partial charge in [-0.05, 0) is 48.8 Å². The number of halogens is 1. The number of aromatic amines is 1. The lowest BCUT2D eigenvalue weighted by Gasteiger charge is -2.21. The highest BCUT2D eigenvalue weighted by atomic mass is 32.1. The summed E-state index contributed by atoms with van der Waals surface area (Å²) in [5.74, 6) is 0.426. The van der Waals surface area contributed by atoms with E-state index < -0.39 is 0 Å². The van der Waals surface area contributed by atoms with Crippen LogP contribution in [-0.4, -0.2) is 45.9 Å². The smallest absolute Gasteiger partial charge is 0.268 e. The molecule has 0 amide bonds. The number of benzene rings is 2. The molecular formula is C25H25FN4OS. The Bertz CT molecular complexity index is 1250. The number of rotatable bonds is 5. The first-order valence-electron chi connectivity index (χ1n) is 10.9. The van der Waals surface area contributed by atoms with E-state index in [9.17, 15) is 9.18 Å². The van der Waals surface area contributed by atoms with Gasteiger partial charge in [0.15, 0.2) is 0 Å². The molecule has 164 valence electrons. The average molecular weight is 449 g/mol. The van der Waals surface area contributed by atoms with Crippen molar-refractivity contribution in [2.45, 2.75) is 19.5 Å². The van der Waals surface area contributed by atoms with Crippen molar-refractivity contribution < 1.29 is 4.39 Å². The minimum absolute atomic E-state index is 0.108. The molecule has 5 nitrogen and oxygen atoms in total. The average Bonchev–Trinajstić information content (AvgIpc) is 3.11. The molecule has 0 unspecified atom stereocenters. The van der Waals surface area contributed by atoms with Gasteiger partial charge < -0.3 is 4.98 Å². The first kappa shape index (κ1) is 21.0. The maximum absolute atomic E-state index is 13.2. The minimum Gasteiger partial charge on any atom is -0.308 e. The SMILES string of the molecule is O=c1[nH]c(CN2CCCN(Cc3ccccc3)CC2)nc2cc(-c3ccc(F)cc3)sc12. The summed E-state index contributed by atoms with van der Waals surface area (Å²) in [5.41, 5.74) is 2.82. The number of fused-ring (bicyclic) bond motifs is 1. The van der Waals surface area contributed by atoms with E-state index in [-0.39, 0.29) is 11.4 Å². The molecule has 1 aliphatic heterocycles. The maximum Gasteiger partial charge on any atom is 0.268 e. The summed E-state index contributed by atoms with van der Waals surface area (Å²) in [6.07, 6.45) is 1.09. The molecule has 32 heavy (non-hydrogen) atoms. The second-order valence-electron chi connectivity index (χ2n) is 8.24. The van der Waals surface area contributed by atoms with E-state index in [1.807, 2.05) is 12.1 Å². The Balaban J connectivity index is 1.28. The Morgan fingerprint density at radius 2 is 1.66 bits per heavy atom. The second-order valence-corrected chi connectivity index (χ2v) is 9.29. The molecule has 5 rings (SSSR count). The Morgan fingerprint density at radius 1 is 0.938 bits per heavy atom. The Kier molecular flexibility index (Phi) is 6.12. The molecule has 3 heterocycles. The number of H-pyrrole nitrogens is 1. The molecule has 7 heteroatoms. The zero-order valence-corrected chi connectivity index (χ0v) is 18.6. The number of nitrogens with one attached hydrogen (secondary N) is 1. The van der Waals surface area contributed by atoms with E-state index in [4.69, 9.17) is 4.98 Å². The fraction of sp³-hybridized carbons (Fsp3) is 0.280. The highest BCUT2D eigenvalue weighted by Gasteiger charge is 2.17. The van der Waals surface area contributed by atoms with Crippen molar-refractivity contribution in [2.75, 3.05) is 26.2 Å². The summed E-state index contributed by atoms with van der Waals surface area (Å²) in [5, 5.41) is 0. The topological polar surface area (TPSA) is 52.2 Å². The number of hydrogen-bond acceptors (Lipinski definition) is 5. The van der Waals surface area contributed by atoms with Gasteiger partial charge in [-0.1, -0.05) is 42.5 Å². The molecular weight excluding hydrogens is 423 g/mol. The maximum atomic E-state index is 13.2. The van der Waals surface area contributed by atoms with Crippen LogP contribution in [0.25, 0.3) is 20.7 Å². The first-order valence-corrected chi connectivity index (χ1v) is 11.7. The Morgan fingerprint density at radius 3 is 2.41 bits per heavy atom. The number of hydrogen-bond donors (Lipinski definition) is 1. The standard InChI is InChI=1S/C25H25FN4OS/c26-20-9-7-19(8-10-20)22-15-21-24(32-22)25(31)28-23(27-21)17-30-12-4-11-29(13-14-30)16-18-5-2-1-3-6-18/h1-3,5-10,15H,4,11-14,16-17H2,(H,27,28,31). The van der Waals surface area contributed by atoms with Crippen molar-refractivity contribution in [3.05, 3.63) is 88.2 Å². The Labute approximate surface area is 190 Å². The van der Waals surface area contributed by atoms with E-state index in [1.165, 1.54) is 29.0 Å². The van der Waals surface area contributed by atoms with Gasteiger partial charge in [0, 0.05) is 24.5 Å². The molecule has 2 aromatic heterocycles. The van der Waals surface area contributed by atoms with Gasteiger partial charge in [0.05, 0.1) is 12.1 Å². The van der Waals surface area contributed by atoms with Crippen LogP contribution in [-0.2, 0) is 13.1 Å². The van der Waals surface area contributed by atoms with Gasteiger partial charge in [-0.3, -0.25) is 14.6 Å². The van der Waals surface area contributed by atoms with E-state index >= 15 is 0 Å². The van der Waals surface area contributed by atoms with Crippen LogP contribution in [0.4, 0.5) is 4.39 Å². The van der Waals surface area contributed by atoms with Gasteiger partial charge >= 0.3 is 0 Å². The molecule has 1 fully saturated rings. The van der Waals surface area contributed by atoms with Gasteiger partial charge in [0.2, 0.25) is 0 Å². The molecule has 0 radical (unpaired) electrons. The normalized spacial score (nSPS) is 15.8. The first-order chi connectivity index (χ1) is 15.6. The van der Waals surface area contributed by atoms with Crippen molar-refractivity contribution in [1.82, 2.24) is 19.8 Å². The van der Waals surface area contributed by atoms with E-state index in [1.54, 1.807) is 12.1 Å². The zero-order valence-electron chi connectivity index (χ0n) is 17.8. The monoisotopic (exact) mass is 448 g/mol. The van der Waals surface area contributed by atoms with E-state index in [2.05, 4.69) is 39.0 Å². The molecule has 0 spiro atoms. The molecule has 0 aliphatic carbocycles. The summed E-state index contributed by atoms with van der Waals surface area (Å²) in [4.78, 5) is 26.2. The van der Waals surface area contributed by atoms with Gasteiger partial charge in [-0.2, -0.15) is 0 Å². The molecule has 0 bridgehead atoms. The minimum atomic E-state index is -0.270. The van der Waals surface area contributed by atoms with Crippen LogP contribution in [0.1, 0.15) is 17.8 Å². The van der Waals surface area contributed by atoms with Crippen LogP contribution in [0.2, 0.25) is 0 Å². The lowest BCUT2D eigenvalue weighted by molar-refractivity contribution is 0.244. The lowest BCUT2D eigenvalue weighted by atomic mass is 10.2. The summed E-state index contributed by atoms with van der Waals surface area (Å²) in [6, 6.07) is 18.8. The van der Waals surface area contributed by atoms with E-state index in [0.717, 1.165) is 49.6 Å². The Hall–Kier alpha value is -2.87. The largest absolute Gasteiger partial charge is 0.308 e. The van der Waals surface area contributed by atoms with Gasteiger partial charge in [0.25, 0.3) is 5.56 Å². The van der Waals surface area contributed by atoms with Gasteiger partial charge in [0.1, 0.15) is 16.3 Å². The predicted molar refractivity (Wildman–Crippen MR) is 127 cm³/mol. The van der Waals surface area contributed by atoms with E-state index in [0.29, 0.717) is 22.6 Å². The molecule has 4 aromatic rings. The number of aromatic nitrogens is 2. The van der Waals surface area contributed by atoms with Crippen molar-refractivity contribution in [2.24, 2.45) is 0 Å². The highest BCUT2D eigenvalue weighted by Crippen LogP contribution is 2.31. The third-order valence-corrected chi connectivity index (χ3v) is 7.04.